The van der Waals surface area contributed by atoms with Gasteiger partial charge in [0.05, 0.1) is 12.3 Å². The number of sulfonamides is 1. The minimum atomic E-state index is -3.47. The quantitative estimate of drug-likeness (QED) is 0.765. The van der Waals surface area contributed by atoms with Gasteiger partial charge in [-0.25, -0.2) is 13.1 Å². The van der Waals surface area contributed by atoms with Crippen LogP contribution >= 0.6 is 0 Å². The molecule has 108 valence electrons. The maximum Gasteiger partial charge on any atom is 0.242 e. The number of anilines is 1. The molecule has 0 aliphatic heterocycles. The Kier molecular flexibility index (Phi) is 6.27. The van der Waals surface area contributed by atoms with Gasteiger partial charge in [-0.05, 0) is 25.5 Å². The molecule has 0 bridgehead atoms. The smallest absolute Gasteiger partial charge is 0.242 e. The molecule has 0 amide bonds. The topological polar surface area (TPSA) is 67.4 Å². The van der Waals surface area contributed by atoms with Crippen molar-refractivity contribution in [1.29, 1.82) is 0 Å². The lowest BCUT2D eigenvalue weighted by Crippen LogP contribution is -2.27. The second-order valence-corrected chi connectivity index (χ2v) is 6.13. The Morgan fingerprint density at radius 3 is 2.63 bits per heavy atom. The molecule has 0 fully saturated rings. The monoisotopic (exact) mass is 286 g/mol. The predicted molar refractivity (Wildman–Crippen MR) is 76.9 cm³/mol. The van der Waals surface area contributed by atoms with Crippen LogP contribution in [0.4, 0.5) is 5.69 Å². The van der Waals surface area contributed by atoms with Gasteiger partial charge < -0.3 is 10.1 Å². The third kappa shape index (κ3) is 4.81. The molecule has 2 N–H and O–H groups in total. The Morgan fingerprint density at radius 1 is 1.32 bits per heavy atom. The normalized spacial score (nSPS) is 13.2. The Labute approximate surface area is 115 Å². The van der Waals surface area contributed by atoms with E-state index >= 15 is 0 Å². The van der Waals surface area contributed by atoms with E-state index in [4.69, 9.17) is 4.74 Å². The summed E-state index contributed by atoms with van der Waals surface area (Å²) in [4.78, 5) is 0.270. The fourth-order valence-corrected chi connectivity index (χ4v) is 2.99. The average molecular weight is 286 g/mol. The molecular weight excluding hydrogens is 264 g/mol. The molecule has 1 aromatic carbocycles. The van der Waals surface area contributed by atoms with Crippen LogP contribution in [0.25, 0.3) is 0 Å². The van der Waals surface area contributed by atoms with Crippen LogP contribution in [-0.4, -0.2) is 34.7 Å². The van der Waals surface area contributed by atoms with Gasteiger partial charge in [-0.2, -0.15) is 0 Å². The first-order chi connectivity index (χ1) is 9.01. The molecule has 1 unspecified atom stereocenters. The highest BCUT2D eigenvalue weighted by Crippen LogP contribution is 2.21. The highest BCUT2D eigenvalue weighted by atomic mass is 32.2. The van der Waals surface area contributed by atoms with Gasteiger partial charge in [-0.1, -0.05) is 19.1 Å². The Hall–Kier alpha value is -1.11. The van der Waals surface area contributed by atoms with E-state index in [1.54, 1.807) is 31.4 Å². The zero-order chi connectivity index (χ0) is 14.3. The van der Waals surface area contributed by atoms with Crippen molar-refractivity contribution in [3.8, 4) is 0 Å². The van der Waals surface area contributed by atoms with Crippen molar-refractivity contribution in [2.45, 2.75) is 31.2 Å². The van der Waals surface area contributed by atoms with E-state index in [-0.39, 0.29) is 10.9 Å². The number of para-hydroxylation sites is 1. The van der Waals surface area contributed by atoms with Crippen LogP contribution < -0.4 is 10.0 Å². The zero-order valence-corrected chi connectivity index (χ0v) is 12.5. The molecule has 1 rings (SSSR count). The van der Waals surface area contributed by atoms with Gasteiger partial charge in [0.25, 0.3) is 0 Å². The summed E-state index contributed by atoms with van der Waals surface area (Å²) in [7, 11) is -1.85. The lowest BCUT2D eigenvalue weighted by molar-refractivity contribution is 0.190. The number of ether oxygens (including phenoxy) is 1. The first-order valence-corrected chi connectivity index (χ1v) is 7.83. The number of nitrogens with one attached hydrogen (secondary N) is 2. The fourth-order valence-electron chi connectivity index (χ4n) is 1.69. The number of benzene rings is 1. The van der Waals surface area contributed by atoms with Crippen molar-refractivity contribution in [3.05, 3.63) is 24.3 Å². The third-order valence-electron chi connectivity index (χ3n) is 2.54. The number of hydrogen-bond donors (Lipinski definition) is 2. The number of hydrogen-bond acceptors (Lipinski definition) is 4. The maximum atomic E-state index is 12.2. The minimum Gasteiger partial charge on any atom is -0.383 e. The number of methoxy groups -OCH3 is 1. The Morgan fingerprint density at radius 2 is 2.00 bits per heavy atom. The van der Waals surface area contributed by atoms with Gasteiger partial charge in [0.1, 0.15) is 4.90 Å². The molecular formula is C13H22N2O3S. The maximum absolute atomic E-state index is 12.2. The molecule has 5 nitrogen and oxygen atoms in total. The molecule has 0 aliphatic rings. The summed E-state index contributed by atoms with van der Waals surface area (Å²) in [5.41, 5.74) is 0.593. The van der Waals surface area contributed by atoms with Crippen LogP contribution in [0.5, 0.6) is 0 Å². The van der Waals surface area contributed by atoms with Crippen molar-refractivity contribution >= 4 is 15.7 Å². The molecule has 0 aromatic heterocycles. The Balaban J connectivity index is 2.95. The molecule has 0 radical (unpaired) electrons. The van der Waals surface area contributed by atoms with Crippen LogP contribution in [-0.2, 0) is 14.8 Å². The van der Waals surface area contributed by atoms with Gasteiger partial charge in [-0.3, -0.25) is 0 Å². The van der Waals surface area contributed by atoms with Crippen molar-refractivity contribution in [2.75, 3.05) is 25.6 Å². The van der Waals surface area contributed by atoms with Crippen molar-refractivity contribution in [3.63, 3.8) is 0 Å². The first kappa shape index (κ1) is 15.9. The van der Waals surface area contributed by atoms with Crippen LogP contribution in [0.1, 0.15) is 20.3 Å². The summed E-state index contributed by atoms with van der Waals surface area (Å²) in [6.07, 6.45) is 0.759. The zero-order valence-electron chi connectivity index (χ0n) is 11.6. The van der Waals surface area contributed by atoms with E-state index in [2.05, 4.69) is 10.0 Å². The van der Waals surface area contributed by atoms with Crippen molar-refractivity contribution < 1.29 is 13.2 Å². The van der Waals surface area contributed by atoms with E-state index < -0.39 is 10.0 Å². The van der Waals surface area contributed by atoms with E-state index in [9.17, 15) is 8.42 Å². The molecule has 0 saturated carbocycles. The molecule has 1 aromatic rings. The van der Waals surface area contributed by atoms with Gasteiger partial charge in [0.2, 0.25) is 10.0 Å². The minimum absolute atomic E-state index is 0.0347. The summed E-state index contributed by atoms with van der Waals surface area (Å²) in [5.74, 6) is 0. The summed E-state index contributed by atoms with van der Waals surface area (Å²) >= 11 is 0. The SMILES string of the molecule is CCCNS(=O)(=O)c1ccccc1NC(C)COC. The summed E-state index contributed by atoms with van der Waals surface area (Å²) < 4.78 is 31.9. The first-order valence-electron chi connectivity index (χ1n) is 6.35. The molecule has 0 heterocycles. The third-order valence-corrected chi connectivity index (χ3v) is 4.06. The molecule has 1 atom stereocenters. The van der Waals surface area contributed by atoms with Gasteiger partial charge in [-0.15, -0.1) is 0 Å². The van der Waals surface area contributed by atoms with Crippen molar-refractivity contribution in [1.82, 2.24) is 4.72 Å². The molecule has 0 aliphatic carbocycles. The second kappa shape index (κ2) is 7.47. The number of rotatable bonds is 8. The summed E-state index contributed by atoms with van der Waals surface area (Å²) in [6, 6.07) is 6.91. The van der Waals surface area contributed by atoms with Crippen LogP contribution in [0.15, 0.2) is 29.2 Å². The highest BCUT2D eigenvalue weighted by molar-refractivity contribution is 7.89. The standard InChI is InChI=1S/C13H22N2O3S/c1-4-9-14-19(16,17)13-8-6-5-7-12(13)15-11(2)10-18-3/h5-8,11,14-15H,4,9-10H2,1-3H3. The summed E-state index contributed by atoms with van der Waals surface area (Å²) in [5, 5.41) is 3.15. The molecule has 0 saturated heterocycles. The predicted octanol–water partition coefficient (Wildman–Crippen LogP) is 1.82. The van der Waals surface area contributed by atoms with E-state index in [0.29, 0.717) is 18.8 Å². The second-order valence-electron chi connectivity index (χ2n) is 4.39. The average Bonchev–Trinajstić information content (AvgIpc) is 2.37. The fraction of sp³-hybridized carbons (Fsp3) is 0.538. The van der Waals surface area contributed by atoms with Crippen LogP contribution in [0, 0.1) is 0 Å². The van der Waals surface area contributed by atoms with Crippen LogP contribution in [0.3, 0.4) is 0 Å². The highest BCUT2D eigenvalue weighted by Gasteiger charge is 2.18. The van der Waals surface area contributed by atoms with Gasteiger partial charge in [0.15, 0.2) is 0 Å². The van der Waals surface area contributed by atoms with Gasteiger partial charge >= 0.3 is 0 Å². The van der Waals surface area contributed by atoms with E-state index in [1.807, 2.05) is 13.8 Å². The Bertz CT molecular complexity index is 488. The molecule has 0 spiro atoms. The lowest BCUT2D eigenvalue weighted by atomic mass is 10.3. The van der Waals surface area contributed by atoms with Crippen LogP contribution in [0.2, 0.25) is 0 Å². The van der Waals surface area contributed by atoms with E-state index in [0.717, 1.165) is 6.42 Å². The summed E-state index contributed by atoms with van der Waals surface area (Å²) in [6.45, 7) is 4.81. The van der Waals surface area contributed by atoms with Gasteiger partial charge in [0, 0.05) is 19.7 Å². The lowest BCUT2D eigenvalue weighted by Gasteiger charge is -2.17. The largest absolute Gasteiger partial charge is 0.383 e. The molecule has 6 heteroatoms. The molecule has 19 heavy (non-hydrogen) atoms. The van der Waals surface area contributed by atoms with Crippen molar-refractivity contribution in [2.24, 2.45) is 0 Å². The van der Waals surface area contributed by atoms with E-state index in [1.165, 1.54) is 0 Å².